The third-order valence-corrected chi connectivity index (χ3v) is 5.29. The number of rotatable bonds is 0. The largest absolute Gasteiger partial charge is 0.332 e. The van der Waals surface area contributed by atoms with Crippen LogP contribution in [0.3, 0.4) is 0 Å². The van der Waals surface area contributed by atoms with Crippen molar-refractivity contribution < 1.29 is 8.42 Å². The van der Waals surface area contributed by atoms with Crippen molar-refractivity contribution in [3.8, 4) is 0 Å². The van der Waals surface area contributed by atoms with E-state index in [1.807, 2.05) is 0 Å². The molecular weight excluding hydrogens is 264 g/mol. The highest BCUT2D eigenvalue weighted by Crippen LogP contribution is 2.38. The van der Waals surface area contributed by atoms with E-state index in [-0.39, 0.29) is 4.21 Å². The number of anilines is 1. The SMILES string of the molecule is CSC1=NS(=O)(=O)c2sc(Cl)cc2N1. The van der Waals surface area contributed by atoms with E-state index >= 15 is 0 Å². The first-order valence-corrected chi connectivity index (χ1v) is 7.34. The molecule has 1 N–H and O–H groups in total. The second kappa shape index (κ2) is 3.41. The summed E-state index contributed by atoms with van der Waals surface area (Å²) < 4.78 is 27.3. The number of hydrogen-bond donors (Lipinski definition) is 1. The van der Waals surface area contributed by atoms with Crippen molar-refractivity contribution in [1.82, 2.24) is 0 Å². The van der Waals surface area contributed by atoms with Gasteiger partial charge in [-0.2, -0.15) is 8.42 Å². The van der Waals surface area contributed by atoms with Gasteiger partial charge in [0.25, 0.3) is 10.0 Å². The van der Waals surface area contributed by atoms with E-state index in [2.05, 4.69) is 9.71 Å². The Morgan fingerprint density at radius 2 is 2.36 bits per heavy atom. The molecule has 0 bridgehead atoms. The lowest BCUT2D eigenvalue weighted by Gasteiger charge is -2.12. The van der Waals surface area contributed by atoms with Crippen LogP contribution in [0.1, 0.15) is 0 Å². The molecule has 1 aromatic heterocycles. The summed E-state index contributed by atoms with van der Waals surface area (Å²) in [6, 6.07) is 1.59. The molecule has 0 fully saturated rings. The fourth-order valence-corrected chi connectivity index (χ4v) is 4.39. The van der Waals surface area contributed by atoms with Crippen molar-refractivity contribution in [2.75, 3.05) is 11.6 Å². The average Bonchev–Trinajstić information content (AvgIpc) is 2.45. The number of halogens is 1. The molecule has 76 valence electrons. The summed E-state index contributed by atoms with van der Waals surface area (Å²) in [6.45, 7) is 0. The van der Waals surface area contributed by atoms with Crippen molar-refractivity contribution in [3.05, 3.63) is 10.4 Å². The zero-order valence-electron chi connectivity index (χ0n) is 6.94. The van der Waals surface area contributed by atoms with E-state index in [1.54, 1.807) is 12.3 Å². The second-order valence-corrected chi connectivity index (χ2v) is 6.73. The van der Waals surface area contributed by atoms with Crippen molar-refractivity contribution in [1.29, 1.82) is 0 Å². The molecule has 2 heterocycles. The van der Waals surface area contributed by atoms with Crippen LogP contribution >= 0.6 is 34.7 Å². The zero-order chi connectivity index (χ0) is 10.3. The summed E-state index contributed by atoms with van der Waals surface area (Å²) in [4.78, 5) is 0. The lowest BCUT2D eigenvalue weighted by atomic mass is 10.5. The molecule has 0 aliphatic carbocycles. The van der Waals surface area contributed by atoms with Gasteiger partial charge in [-0.1, -0.05) is 23.4 Å². The van der Waals surface area contributed by atoms with Crippen LogP contribution in [0.2, 0.25) is 4.34 Å². The van der Waals surface area contributed by atoms with Gasteiger partial charge in [-0.3, -0.25) is 0 Å². The summed E-state index contributed by atoms with van der Waals surface area (Å²) >= 11 is 7.98. The van der Waals surface area contributed by atoms with Gasteiger partial charge in [0.15, 0.2) is 9.38 Å². The molecular formula is C6H5ClN2O2S3. The van der Waals surface area contributed by atoms with Crippen LogP contribution in [0.15, 0.2) is 14.7 Å². The van der Waals surface area contributed by atoms with Gasteiger partial charge >= 0.3 is 0 Å². The molecule has 14 heavy (non-hydrogen) atoms. The van der Waals surface area contributed by atoms with Gasteiger partial charge in [0, 0.05) is 0 Å². The summed E-state index contributed by atoms with van der Waals surface area (Å²) in [5.41, 5.74) is 0.513. The molecule has 0 aromatic carbocycles. The fourth-order valence-electron chi connectivity index (χ4n) is 1.00. The summed E-state index contributed by atoms with van der Waals surface area (Å²) in [5, 5.41) is 3.25. The number of nitrogens with one attached hydrogen (secondary N) is 1. The standard InChI is InChI=1S/C6H5ClN2O2S3/c1-12-6-8-3-2-4(7)13-5(3)14(10,11)9-6/h2H,1H3,(H,8,9). The van der Waals surface area contributed by atoms with Crippen molar-refractivity contribution in [2.45, 2.75) is 4.21 Å². The van der Waals surface area contributed by atoms with Crippen molar-refractivity contribution in [3.63, 3.8) is 0 Å². The van der Waals surface area contributed by atoms with Gasteiger partial charge in [0.1, 0.15) is 0 Å². The number of hydrogen-bond acceptors (Lipinski definition) is 5. The maximum Gasteiger partial charge on any atom is 0.296 e. The smallest absolute Gasteiger partial charge is 0.296 e. The number of fused-ring (bicyclic) bond motifs is 1. The van der Waals surface area contributed by atoms with Crippen LogP contribution in [0.5, 0.6) is 0 Å². The Labute approximate surface area is 94.4 Å². The molecule has 1 aliphatic heterocycles. The van der Waals surface area contributed by atoms with Crippen LogP contribution in [-0.4, -0.2) is 19.8 Å². The Morgan fingerprint density at radius 3 is 3.00 bits per heavy atom. The molecule has 0 radical (unpaired) electrons. The lowest BCUT2D eigenvalue weighted by molar-refractivity contribution is 0.600. The van der Waals surface area contributed by atoms with Crippen molar-refractivity contribution >= 4 is 55.6 Å². The number of thioether (sulfide) groups is 1. The van der Waals surface area contributed by atoms with E-state index in [4.69, 9.17) is 11.6 Å². The van der Waals surface area contributed by atoms with Gasteiger partial charge in [-0.05, 0) is 12.3 Å². The highest BCUT2D eigenvalue weighted by Gasteiger charge is 2.27. The Balaban J connectivity index is 2.61. The Bertz CT molecular complexity index is 505. The predicted octanol–water partition coefficient (Wildman–Crippen LogP) is 2.23. The quantitative estimate of drug-likeness (QED) is 0.784. The van der Waals surface area contributed by atoms with Gasteiger partial charge < -0.3 is 5.32 Å². The number of amidine groups is 1. The van der Waals surface area contributed by atoms with E-state index in [0.29, 0.717) is 15.2 Å². The molecule has 0 unspecified atom stereocenters. The normalized spacial score (nSPS) is 18.3. The average molecular weight is 269 g/mol. The first-order valence-electron chi connectivity index (χ1n) is 3.48. The molecule has 0 atom stereocenters. The predicted molar refractivity (Wildman–Crippen MR) is 61.1 cm³/mol. The van der Waals surface area contributed by atoms with E-state index < -0.39 is 10.0 Å². The van der Waals surface area contributed by atoms with Gasteiger partial charge in [0.05, 0.1) is 10.0 Å². The molecule has 0 saturated heterocycles. The monoisotopic (exact) mass is 268 g/mol. The van der Waals surface area contributed by atoms with Gasteiger partial charge in [0.2, 0.25) is 0 Å². The molecule has 1 aliphatic rings. The third-order valence-electron chi connectivity index (χ3n) is 1.54. The number of nitrogens with zero attached hydrogens (tertiary/aromatic N) is 1. The molecule has 0 saturated carbocycles. The minimum Gasteiger partial charge on any atom is -0.332 e. The first kappa shape index (κ1) is 10.3. The molecule has 0 amide bonds. The highest BCUT2D eigenvalue weighted by atomic mass is 35.5. The zero-order valence-corrected chi connectivity index (χ0v) is 10.1. The minimum atomic E-state index is -3.54. The molecule has 0 spiro atoms. The maximum absolute atomic E-state index is 11.6. The highest BCUT2D eigenvalue weighted by molar-refractivity contribution is 8.14. The van der Waals surface area contributed by atoms with Gasteiger partial charge in [-0.25, -0.2) is 0 Å². The summed E-state index contributed by atoms with van der Waals surface area (Å²) in [6.07, 6.45) is 1.75. The van der Waals surface area contributed by atoms with Crippen LogP contribution in [0.4, 0.5) is 5.69 Å². The molecule has 1 aromatic rings. The van der Waals surface area contributed by atoms with Crippen molar-refractivity contribution in [2.24, 2.45) is 4.40 Å². The van der Waals surface area contributed by atoms with Gasteiger partial charge in [-0.15, -0.1) is 15.7 Å². The molecule has 8 heteroatoms. The topological polar surface area (TPSA) is 58.5 Å². The fraction of sp³-hybridized carbons (Fsp3) is 0.167. The minimum absolute atomic E-state index is 0.181. The van der Waals surface area contributed by atoms with E-state index in [9.17, 15) is 8.42 Å². The lowest BCUT2D eigenvalue weighted by Crippen LogP contribution is -2.16. The van der Waals surface area contributed by atoms with E-state index in [0.717, 1.165) is 11.3 Å². The maximum atomic E-state index is 11.6. The van der Waals surface area contributed by atoms with Crippen LogP contribution in [0, 0.1) is 0 Å². The number of thiophene rings is 1. The Hall–Kier alpha value is -0.240. The number of sulfonamides is 1. The van der Waals surface area contributed by atoms with Crippen LogP contribution in [-0.2, 0) is 10.0 Å². The summed E-state index contributed by atoms with van der Waals surface area (Å²) in [7, 11) is -3.54. The molecule has 4 nitrogen and oxygen atoms in total. The Kier molecular flexibility index (Phi) is 2.50. The van der Waals surface area contributed by atoms with E-state index in [1.165, 1.54) is 11.8 Å². The Morgan fingerprint density at radius 1 is 1.64 bits per heavy atom. The second-order valence-electron chi connectivity index (χ2n) is 2.45. The third kappa shape index (κ3) is 1.65. The van der Waals surface area contributed by atoms with Crippen LogP contribution < -0.4 is 5.32 Å². The summed E-state index contributed by atoms with van der Waals surface area (Å²) in [5.74, 6) is 0. The first-order chi connectivity index (χ1) is 6.53. The molecule has 2 rings (SSSR count). The van der Waals surface area contributed by atoms with Crippen LogP contribution in [0.25, 0.3) is 0 Å².